The van der Waals surface area contributed by atoms with Crippen LogP contribution >= 0.6 is 31.9 Å². The molecule has 0 bridgehead atoms. The van der Waals surface area contributed by atoms with Crippen LogP contribution in [0.2, 0.25) is 0 Å². The van der Waals surface area contributed by atoms with Crippen molar-refractivity contribution in [3.63, 3.8) is 0 Å². The molecule has 100 valence electrons. The molecule has 2 aromatic rings. The number of halogens is 4. The number of ether oxygens (including phenoxy) is 1. The molecule has 0 fully saturated rings. The zero-order valence-electron chi connectivity index (χ0n) is 10.0. The molecule has 0 heterocycles. The summed E-state index contributed by atoms with van der Waals surface area (Å²) in [4.78, 5) is 0. The molecule has 2 aromatic carbocycles. The summed E-state index contributed by atoms with van der Waals surface area (Å²) in [6, 6.07) is 7.99. The zero-order chi connectivity index (χ0) is 14.0. The van der Waals surface area contributed by atoms with E-state index < -0.39 is 11.6 Å². The second kappa shape index (κ2) is 6.01. The molecular formula is C14H10Br2F2O. The SMILES string of the molecule is Cc1cc(CBr)ccc1Oc1cc(Br)cc(F)c1F. The molecular weight excluding hydrogens is 382 g/mol. The van der Waals surface area contributed by atoms with Crippen molar-refractivity contribution in [3.8, 4) is 11.5 Å². The van der Waals surface area contributed by atoms with Gasteiger partial charge >= 0.3 is 0 Å². The van der Waals surface area contributed by atoms with E-state index in [0.29, 0.717) is 10.2 Å². The Morgan fingerprint density at radius 1 is 1.11 bits per heavy atom. The maximum atomic E-state index is 13.6. The number of aryl methyl sites for hydroxylation is 1. The Morgan fingerprint density at radius 3 is 2.47 bits per heavy atom. The molecule has 2 rings (SSSR count). The molecule has 0 aliphatic heterocycles. The molecule has 0 amide bonds. The van der Waals surface area contributed by atoms with Gasteiger partial charge in [-0.2, -0.15) is 4.39 Å². The van der Waals surface area contributed by atoms with Gasteiger partial charge in [0.1, 0.15) is 5.75 Å². The second-order valence-corrected chi connectivity index (χ2v) is 5.51. The minimum absolute atomic E-state index is 0.137. The van der Waals surface area contributed by atoms with Crippen LogP contribution in [0.4, 0.5) is 8.78 Å². The fourth-order valence-electron chi connectivity index (χ4n) is 1.63. The maximum absolute atomic E-state index is 13.6. The molecule has 0 spiro atoms. The number of hydrogen-bond donors (Lipinski definition) is 0. The summed E-state index contributed by atoms with van der Waals surface area (Å²) in [5.41, 5.74) is 1.95. The summed E-state index contributed by atoms with van der Waals surface area (Å²) in [5.74, 6) is -1.58. The van der Waals surface area contributed by atoms with Crippen molar-refractivity contribution in [1.29, 1.82) is 0 Å². The third kappa shape index (κ3) is 3.34. The predicted octanol–water partition coefficient (Wildman–Crippen LogP) is 5.72. The van der Waals surface area contributed by atoms with E-state index in [4.69, 9.17) is 4.74 Å². The molecule has 0 saturated carbocycles. The smallest absolute Gasteiger partial charge is 0.201 e. The van der Waals surface area contributed by atoms with Gasteiger partial charge < -0.3 is 4.74 Å². The van der Waals surface area contributed by atoms with Crippen LogP contribution in [0, 0.1) is 18.6 Å². The predicted molar refractivity (Wildman–Crippen MR) is 77.9 cm³/mol. The first-order valence-electron chi connectivity index (χ1n) is 5.49. The van der Waals surface area contributed by atoms with E-state index in [9.17, 15) is 8.78 Å². The summed E-state index contributed by atoms with van der Waals surface area (Å²) >= 11 is 6.47. The number of hydrogen-bond acceptors (Lipinski definition) is 1. The van der Waals surface area contributed by atoms with Crippen molar-refractivity contribution >= 4 is 31.9 Å². The normalized spacial score (nSPS) is 10.6. The molecule has 1 nitrogen and oxygen atoms in total. The molecule has 0 atom stereocenters. The van der Waals surface area contributed by atoms with E-state index in [0.717, 1.165) is 22.5 Å². The van der Waals surface area contributed by atoms with Gasteiger partial charge in [-0.25, -0.2) is 4.39 Å². The van der Waals surface area contributed by atoms with E-state index in [1.807, 2.05) is 19.1 Å². The van der Waals surface area contributed by atoms with Gasteiger partial charge in [0.25, 0.3) is 0 Å². The summed E-state index contributed by atoms with van der Waals surface area (Å²) in [6.07, 6.45) is 0. The largest absolute Gasteiger partial charge is 0.454 e. The van der Waals surface area contributed by atoms with E-state index >= 15 is 0 Å². The molecule has 19 heavy (non-hydrogen) atoms. The fraction of sp³-hybridized carbons (Fsp3) is 0.143. The number of alkyl halides is 1. The first-order valence-corrected chi connectivity index (χ1v) is 7.40. The molecule has 0 unspecified atom stereocenters. The molecule has 0 aromatic heterocycles. The minimum atomic E-state index is -0.993. The Balaban J connectivity index is 2.36. The highest BCUT2D eigenvalue weighted by atomic mass is 79.9. The molecule has 0 aliphatic carbocycles. The van der Waals surface area contributed by atoms with Crippen LogP contribution in [0.5, 0.6) is 11.5 Å². The Labute approximate surface area is 126 Å². The molecule has 0 N–H and O–H groups in total. The first kappa shape index (κ1) is 14.5. The van der Waals surface area contributed by atoms with E-state index in [2.05, 4.69) is 31.9 Å². The summed E-state index contributed by atoms with van der Waals surface area (Å²) < 4.78 is 32.8. The Morgan fingerprint density at radius 2 is 1.84 bits per heavy atom. The third-order valence-corrected chi connectivity index (χ3v) is 3.68. The van der Waals surface area contributed by atoms with Crippen molar-refractivity contribution in [1.82, 2.24) is 0 Å². The highest BCUT2D eigenvalue weighted by Crippen LogP contribution is 2.31. The Hall–Kier alpha value is -0.940. The highest BCUT2D eigenvalue weighted by Gasteiger charge is 2.13. The molecule has 0 radical (unpaired) electrons. The van der Waals surface area contributed by atoms with Gasteiger partial charge in [-0.05, 0) is 36.2 Å². The van der Waals surface area contributed by atoms with Crippen molar-refractivity contribution < 1.29 is 13.5 Å². The van der Waals surface area contributed by atoms with Crippen LogP contribution in [-0.2, 0) is 5.33 Å². The fourth-order valence-corrected chi connectivity index (χ4v) is 2.39. The number of rotatable bonds is 3. The van der Waals surface area contributed by atoms with Gasteiger partial charge in [0.2, 0.25) is 5.82 Å². The number of benzene rings is 2. The minimum Gasteiger partial charge on any atom is -0.454 e. The zero-order valence-corrected chi connectivity index (χ0v) is 13.2. The van der Waals surface area contributed by atoms with E-state index in [1.165, 1.54) is 6.07 Å². The van der Waals surface area contributed by atoms with Crippen LogP contribution in [-0.4, -0.2) is 0 Å². The standard InChI is InChI=1S/C14H10Br2F2O/c1-8-4-9(7-15)2-3-12(8)19-13-6-10(16)5-11(17)14(13)18/h2-6H,7H2,1H3. The highest BCUT2D eigenvalue weighted by molar-refractivity contribution is 9.10. The summed E-state index contributed by atoms with van der Waals surface area (Å²) in [7, 11) is 0. The van der Waals surface area contributed by atoms with Crippen LogP contribution in [0.25, 0.3) is 0 Å². The Kier molecular flexibility index (Phi) is 4.58. The van der Waals surface area contributed by atoms with Crippen LogP contribution in [0.3, 0.4) is 0 Å². The van der Waals surface area contributed by atoms with Crippen LogP contribution < -0.4 is 4.74 Å². The van der Waals surface area contributed by atoms with Crippen molar-refractivity contribution in [3.05, 3.63) is 57.6 Å². The molecule has 0 saturated heterocycles. The first-order chi connectivity index (χ1) is 9.01. The summed E-state index contributed by atoms with van der Waals surface area (Å²) in [5, 5.41) is 0.730. The van der Waals surface area contributed by atoms with Gasteiger partial charge in [0, 0.05) is 9.80 Å². The van der Waals surface area contributed by atoms with Crippen molar-refractivity contribution in [2.45, 2.75) is 12.3 Å². The van der Waals surface area contributed by atoms with Gasteiger partial charge in [0.05, 0.1) is 0 Å². The van der Waals surface area contributed by atoms with Crippen molar-refractivity contribution in [2.24, 2.45) is 0 Å². The van der Waals surface area contributed by atoms with Gasteiger partial charge in [-0.1, -0.05) is 44.0 Å². The van der Waals surface area contributed by atoms with Gasteiger partial charge in [-0.3, -0.25) is 0 Å². The molecule has 5 heteroatoms. The quantitative estimate of drug-likeness (QED) is 0.480. The van der Waals surface area contributed by atoms with Gasteiger partial charge in [-0.15, -0.1) is 0 Å². The van der Waals surface area contributed by atoms with Crippen molar-refractivity contribution in [2.75, 3.05) is 0 Å². The lowest BCUT2D eigenvalue weighted by molar-refractivity contribution is 0.413. The third-order valence-electron chi connectivity index (χ3n) is 2.57. The average molecular weight is 392 g/mol. The average Bonchev–Trinajstić information content (AvgIpc) is 2.37. The van der Waals surface area contributed by atoms with Gasteiger partial charge in [0.15, 0.2) is 11.6 Å². The topological polar surface area (TPSA) is 9.23 Å². The van der Waals surface area contributed by atoms with E-state index in [1.54, 1.807) is 6.07 Å². The Bertz CT molecular complexity index is 615. The lowest BCUT2D eigenvalue weighted by Gasteiger charge is -2.11. The summed E-state index contributed by atoms with van der Waals surface area (Å²) in [6.45, 7) is 1.85. The van der Waals surface area contributed by atoms with Crippen LogP contribution in [0.1, 0.15) is 11.1 Å². The second-order valence-electron chi connectivity index (χ2n) is 4.04. The maximum Gasteiger partial charge on any atom is 0.201 e. The monoisotopic (exact) mass is 390 g/mol. The lowest BCUT2D eigenvalue weighted by atomic mass is 10.1. The van der Waals surface area contributed by atoms with Crippen LogP contribution in [0.15, 0.2) is 34.8 Å². The lowest BCUT2D eigenvalue weighted by Crippen LogP contribution is -1.94. The van der Waals surface area contributed by atoms with E-state index in [-0.39, 0.29) is 5.75 Å². The molecule has 0 aliphatic rings.